The molecule has 0 amide bonds. The molecule has 3 rings (SSSR count). The molecule has 2 atom stereocenters. The maximum absolute atomic E-state index is 10.5. The third-order valence-electron chi connectivity index (χ3n) is 3.39. The van der Waals surface area contributed by atoms with Gasteiger partial charge in [-0.2, -0.15) is 0 Å². The molecule has 0 saturated carbocycles. The average Bonchev–Trinajstić information content (AvgIpc) is 2.87. The van der Waals surface area contributed by atoms with E-state index in [0.29, 0.717) is 0 Å². The fourth-order valence-corrected chi connectivity index (χ4v) is 2.48. The molecule has 0 bridgehead atoms. The number of rotatable bonds is 2. The molecule has 1 aliphatic heterocycles. The topological polar surface area (TPSA) is 47.9 Å². The molecule has 0 fully saturated rings. The molecule has 4 heteroatoms. The number of fused-ring (bicyclic) bond motifs is 1. The molecular formula is C14H13NO3. The van der Waals surface area contributed by atoms with Crippen LogP contribution in [0, 0.1) is 0 Å². The Kier molecular flexibility index (Phi) is 2.87. The van der Waals surface area contributed by atoms with Gasteiger partial charge in [-0.25, -0.2) is 9.79 Å². The van der Waals surface area contributed by atoms with Crippen LogP contribution in [0.1, 0.15) is 24.3 Å². The monoisotopic (exact) mass is 243 g/mol. The first-order valence-corrected chi connectivity index (χ1v) is 6.01. The van der Waals surface area contributed by atoms with Gasteiger partial charge in [0.15, 0.2) is 11.5 Å². The van der Waals surface area contributed by atoms with Gasteiger partial charge in [-0.3, -0.25) is 0 Å². The zero-order chi connectivity index (χ0) is 12.4. The van der Waals surface area contributed by atoms with Gasteiger partial charge in [0.2, 0.25) is 12.9 Å². The molecule has 0 unspecified atom stereocenters. The van der Waals surface area contributed by atoms with Gasteiger partial charge >= 0.3 is 0 Å². The lowest BCUT2D eigenvalue weighted by molar-refractivity contribution is 0.174. The zero-order valence-electron chi connectivity index (χ0n) is 9.83. The predicted octanol–water partition coefficient (Wildman–Crippen LogP) is 2.55. The molecule has 1 aliphatic carbocycles. The molecule has 4 nitrogen and oxygen atoms in total. The van der Waals surface area contributed by atoms with Crippen molar-refractivity contribution in [3.8, 4) is 11.5 Å². The number of isocyanates is 1. The Bertz CT molecular complexity index is 532. The minimum absolute atomic E-state index is 0.0205. The van der Waals surface area contributed by atoms with Gasteiger partial charge < -0.3 is 9.47 Å². The molecule has 0 saturated heterocycles. The van der Waals surface area contributed by atoms with Crippen molar-refractivity contribution in [2.45, 2.75) is 24.8 Å². The summed E-state index contributed by atoms with van der Waals surface area (Å²) in [5, 5.41) is 0. The highest BCUT2D eigenvalue weighted by molar-refractivity contribution is 5.47. The highest BCUT2D eigenvalue weighted by Gasteiger charge is 2.24. The van der Waals surface area contributed by atoms with Crippen LogP contribution in [0.3, 0.4) is 0 Å². The molecule has 2 aliphatic rings. The first-order chi connectivity index (χ1) is 8.88. The van der Waals surface area contributed by atoms with Crippen molar-refractivity contribution in [3.05, 3.63) is 35.9 Å². The third-order valence-corrected chi connectivity index (χ3v) is 3.39. The number of aliphatic imine (C=N–C) groups is 1. The van der Waals surface area contributed by atoms with E-state index in [2.05, 4.69) is 17.1 Å². The largest absolute Gasteiger partial charge is 0.454 e. The molecule has 1 aromatic rings. The standard InChI is InChI=1S/C14H13NO3/c16-8-15-12-4-2-1-3-11(12)10-5-6-13-14(7-10)18-9-17-13/h1,3,5-7,11-12H,2,4,9H2/t11-,12+/m0/s1. The van der Waals surface area contributed by atoms with E-state index in [9.17, 15) is 4.79 Å². The minimum atomic E-state index is -0.0205. The van der Waals surface area contributed by atoms with Gasteiger partial charge in [-0.1, -0.05) is 18.2 Å². The summed E-state index contributed by atoms with van der Waals surface area (Å²) in [5.41, 5.74) is 1.10. The van der Waals surface area contributed by atoms with Gasteiger partial charge in [0.05, 0.1) is 6.04 Å². The molecule has 0 N–H and O–H groups in total. The Hall–Kier alpha value is -2.06. The number of hydrogen-bond donors (Lipinski definition) is 0. The SMILES string of the molecule is O=C=N[C@@H]1CCC=C[C@H]1c1ccc2c(c1)OCO2. The minimum Gasteiger partial charge on any atom is -0.454 e. The predicted molar refractivity (Wildman–Crippen MR) is 65.6 cm³/mol. The third kappa shape index (κ3) is 1.91. The molecule has 92 valence electrons. The van der Waals surface area contributed by atoms with Gasteiger partial charge in [0.1, 0.15) is 0 Å². The van der Waals surface area contributed by atoms with Crippen molar-refractivity contribution in [2.75, 3.05) is 6.79 Å². The number of ether oxygens (including phenoxy) is 2. The van der Waals surface area contributed by atoms with E-state index < -0.39 is 0 Å². The first-order valence-electron chi connectivity index (χ1n) is 6.01. The van der Waals surface area contributed by atoms with Crippen LogP contribution in [0.25, 0.3) is 0 Å². The van der Waals surface area contributed by atoms with Gasteiger partial charge in [-0.05, 0) is 30.5 Å². The Labute approximate surface area is 105 Å². The first kappa shape index (κ1) is 11.1. The van der Waals surface area contributed by atoms with Crippen molar-refractivity contribution < 1.29 is 14.3 Å². The van der Waals surface area contributed by atoms with E-state index >= 15 is 0 Å². The van der Waals surface area contributed by atoms with Crippen LogP contribution in [0.15, 0.2) is 35.3 Å². The van der Waals surface area contributed by atoms with E-state index in [-0.39, 0.29) is 18.8 Å². The van der Waals surface area contributed by atoms with Gasteiger partial charge in [0.25, 0.3) is 0 Å². The zero-order valence-corrected chi connectivity index (χ0v) is 9.83. The van der Waals surface area contributed by atoms with E-state index in [4.69, 9.17) is 9.47 Å². The maximum Gasteiger partial charge on any atom is 0.235 e. The molecule has 1 aromatic carbocycles. The Balaban J connectivity index is 1.95. The number of benzene rings is 1. The fraction of sp³-hybridized carbons (Fsp3) is 0.357. The highest BCUT2D eigenvalue weighted by atomic mass is 16.7. The van der Waals surface area contributed by atoms with E-state index in [1.54, 1.807) is 6.08 Å². The number of carbonyl (C=O) groups excluding carboxylic acids is 1. The fourth-order valence-electron chi connectivity index (χ4n) is 2.48. The Morgan fingerprint density at radius 3 is 3.06 bits per heavy atom. The van der Waals surface area contributed by atoms with Crippen LogP contribution in [-0.2, 0) is 4.79 Å². The van der Waals surface area contributed by atoms with Crippen LogP contribution in [0.4, 0.5) is 0 Å². The second kappa shape index (κ2) is 4.67. The highest BCUT2D eigenvalue weighted by Crippen LogP contribution is 2.38. The molecular weight excluding hydrogens is 230 g/mol. The van der Waals surface area contributed by atoms with Crippen LogP contribution in [0.2, 0.25) is 0 Å². The Morgan fingerprint density at radius 1 is 1.28 bits per heavy atom. The van der Waals surface area contributed by atoms with Crippen molar-refractivity contribution >= 4 is 6.08 Å². The summed E-state index contributed by atoms with van der Waals surface area (Å²) >= 11 is 0. The van der Waals surface area contributed by atoms with Crippen LogP contribution >= 0.6 is 0 Å². The molecule has 1 heterocycles. The van der Waals surface area contributed by atoms with E-state index in [0.717, 1.165) is 29.9 Å². The van der Waals surface area contributed by atoms with Gasteiger partial charge in [-0.15, -0.1) is 0 Å². The maximum atomic E-state index is 10.5. The lowest BCUT2D eigenvalue weighted by atomic mass is 9.85. The van der Waals surface area contributed by atoms with Gasteiger partial charge in [0, 0.05) is 5.92 Å². The smallest absolute Gasteiger partial charge is 0.235 e. The summed E-state index contributed by atoms with van der Waals surface area (Å²) in [7, 11) is 0. The summed E-state index contributed by atoms with van der Waals surface area (Å²) in [6.07, 6.45) is 7.74. The molecule has 0 spiro atoms. The number of nitrogens with zero attached hydrogens (tertiary/aromatic N) is 1. The van der Waals surface area contributed by atoms with Crippen molar-refractivity contribution in [1.82, 2.24) is 0 Å². The molecule has 0 aromatic heterocycles. The van der Waals surface area contributed by atoms with Crippen molar-refractivity contribution in [2.24, 2.45) is 4.99 Å². The second-order valence-electron chi connectivity index (χ2n) is 4.43. The van der Waals surface area contributed by atoms with Crippen LogP contribution in [0.5, 0.6) is 11.5 Å². The molecule has 18 heavy (non-hydrogen) atoms. The van der Waals surface area contributed by atoms with E-state index in [1.165, 1.54) is 0 Å². The lowest BCUT2D eigenvalue weighted by Gasteiger charge is -2.23. The lowest BCUT2D eigenvalue weighted by Crippen LogP contribution is -2.17. The normalized spacial score (nSPS) is 24.7. The van der Waals surface area contributed by atoms with Crippen LogP contribution < -0.4 is 9.47 Å². The quantitative estimate of drug-likeness (QED) is 0.455. The summed E-state index contributed by atoms with van der Waals surface area (Å²) in [6.45, 7) is 0.273. The van der Waals surface area contributed by atoms with Crippen molar-refractivity contribution in [3.63, 3.8) is 0 Å². The average molecular weight is 243 g/mol. The van der Waals surface area contributed by atoms with Crippen molar-refractivity contribution in [1.29, 1.82) is 0 Å². The molecule has 0 radical (unpaired) electrons. The summed E-state index contributed by atoms with van der Waals surface area (Å²) in [5.74, 6) is 1.66. The number of allylic oxidation sites excluding steroid dienone is 1. The summed E-state index contributed by atoms with van der Waals surface area (Å²) in [6, 6.07) is 5.85. The summed E-state index contributed by atoms with van der Waals surface area (Å²) in [4.78, 5) is 14.4. The van der Waals surface area contributed by atoms with E-state index in [1.807, 2.05) is 18.2 Å². The number of hydrogen-bond acceptors (Lipinski definition) is 4. The van der Waals surface area contributed by atoms with Crippen LogP contribution in [-0.4, -0.2) is 18.9 Å². The second-order valence-corrected chi connectivity index (χ2v) is 4.43. The Morgan fingerprint density at radius 2 is 2.17 bits per heavy atom. The summed E-state index contributed by atoms with van der Waals surface area (Å²) < 4.78 is 10.7.